The lowest BCUT2D eigenvalue weighted by molar-refractivity contribution is -0.114. The number of nitrogens with zero attached hydrogens (tertiary/aromatic N) is 1. The number of nitrogens with one attached hydrogen (secondary N) is 1. The third kappa shape index (κ3) is 3.65. The number of aryl methyl sites for hydroxylation is 1. The number of hydrogen-bond acceptors (Lipinski definition) is 4. The molecule has 0 saturated carbocycles. The van der Waals surface area contributed by atoms with Gasteiger partial charge in [0.15, 0.2) is 0 Å². The minimum atomic E-state index is -0.266. The summed E-state index contributed by atoms with van der Waals surface area (Å²) in [6.07, 6.45) is 0. The molecule has 2 aromatic carbocycles. The van der Waals surface area contributed by atoms with E-state index >= 15 is 0 Å². The maximum absolute atomic E-state index is 13.2. The van der Waals surface area contributed by atoms with Crippen molar-refractivity contribution in [1.82, 2.24) is 4.98 Å². The fourth-order valence-electron chi connectivity index (χ4n) is 2.21. The van der Waals surface area contributed by atoms with E-state index in [1.54, 1.807) is 18.2 Å². The number of rotatable bonds is 4. The van der Waals surface area contributed by atoms with Gasteiger partial charge in [-0.3, -0.25) is 4.79 Å². The SMILES string of the molecule is CC(=O)Nc1ccc(OCc2nc3ccc(F)cc3s2)cc1C. The van der Waals surface area contributed by atoms with Gasteiger partial charge in [-0.2, -0.15) is 0 Å². The minimum Gasteiger partial charge on any atom is -0.486 e. The third-order valence-electron chi connectivity index (χ3n) is 3.27. The van der Waals surface area contributed by atoms with Gasteiger partial charge in [0.1, 0.15) is 23.2 Å². The van der Waals surface area contributed by atoms with Crippen LogP contribution in [0, 0.1) is 12.7 Å². The molecule has 0 atom stereocenters. The molecule has 4 nitrogen and oxygen atoms in total. The Hall–Kier alpha value is -2.47. The number of carbonyl (C=O) groups excluding carboxylic acids is 1. The maximum atomic E-state index is 13.2. The average molecular weight is 330 g/mol. The van der Waals surface area contributed by atoms with Crippen LogP contribution in [0.5, 0.6) is 5.75 Å². The van der Waals surface area contributed by atoms with Crippen LogP contribution in [0.2, 0.25) is 0 Å². The van der Waals surface area contributed by atoms with E-state index in [-0.39, 0.29) is 11.7 Å². The Morgan fingerprint density at radius 2 is 2.13 bits per heavy atom. The van der Waals surface area contributed by atoms with E-state index in [2.05, 4.69) is 10.3 Å². The van der Waals surface area contributed by atoms with Gasteiger partial charge in [-0.25, -0.2) is 9.37 Å². The zero-order valence-electron chi connectivity index (χ0n) is 12.7. The fourth-order valence-corrected chi connectivity index (χ4v) is 3.11. The van der Waals surface area contributed by atoms with Gasteiger partial charge in [-0.05, 0) is 48.9 Å². The number of aromatic nitrogens is 1. The van der Waals surface area contributed by atoms with Gasteiger partial charge in [0.05, 0.1) is 10.2 Å². The Labute approximate surface area is 136 Å². The summed E-state index contributed by atoms with van der Waals surface area (Å²) in [6, 6.07) is 10.0. The molecule has 0 aliphatic rings. The predicted octanol–water partition coefficient (Wildman–Crippen LogP) is 4.28. The first-order valence-corrected chi connectivity index (χ1v) is 7.89. The van der Waals surface area contributed by atoms with Gasteiger partial charge >= 0.3 is 0 Å². The molecule has 0 radical (unpaired) electrons. The van der Waals surface area contributed by atoms with Crippen molar-refractivity contribution in [3.05, 3.63) is 52.8 Å². The van der Waals surface area contributed by atoms with Gasteiger partial charge < -0.3 is 10.1 Å². The number of hydrogen-bond donors (Lipinski definition) is 1. The summed E-state index contributed by atoms with van der Waals surface area (Å²) >= 11 is 1.41. The standard InChI is InChI=1S/C17H15FN2O2S/c1-10-7-13(4-6-14(10)19-11(2)21)22-9-17-20-15-5-3-12(18)8-16(15)23-17/h3-8H,9H2,1-2H3,(H,19,21). The molecule has 3 rings (SSSR count). The number of fused-ring (bicyclic) bond motifs is 1. The molecule has 0 saturated heterocycles. The zero-order chi connectivity index (χ0) is 16.4. The first-order chi connectivity index (χ1) is 11.0. The highest BCUT2D eigenvalue weighted by Crippen LogP contribution is 2.25. The highest BCUT2D eigenvalue weighted by Gasteiger charge is 2.07. The summed E-state index contributed by atoms with van der Waals surface area (Å²) in [5.41, 5.74) is 2.46. The van der Waals surface area contributed by atoms with Crippen molar-refractivity contribution >= 4 is 33.1 Å². The molecular formula is C17H15FN2O2S. The van der Waals surface area contributed by atoms with E-state index in [0.29, 0.717) is 12.4 Å². The Morgan fingerprint density at radius 1 is 1.30 bits per heavy atom. The monoisotopic (exact) mass is 330 g/mol. The number of benzene rings is 2. The van der Waals surface area contributed by atoms with Crippen LogP contribution in [-0.4, -0.2) is 10.9 Å². The lowest BCUT2D eigenvalue weighted by Gasteiger charge is -2.09. The molecule has 23 heavy (non-hydrogen) atoms. The van der Waals surface area contributed by atoms with Crippen LogP contribution >= 0.6 is 11.3 Å². The second-order valence-corrected chi connectivity index (χ2v) is 6.28. The van der Waals surface area contributed by atoms with Crippen molar-refractivity contribution in [2.75, 3.05) is 5.32 Å². The Bertz CT molecular complexity index is 876. The number of thiazole rings is 1. The van der Waals surface area contributed by atoms with Crippen molar-refractivity contribution < 1.29 is 13.9 Å². The Kier molecular flexibility index (Phi) is 4.25. The topological polar surface area (TPSA) is 51.2 Å². The molecule has 3 aromatic rings. The molecule has 1 N–H and O–H groups in total. The summed E-state index contributed by atoms with van der Waals surface area (Å²) in [5.74, 6) is 0.323. The van der Waals surface area contributed by atoms with Crippen molar-refractivity contribution in [2.24, 2.45) is 0 Å². The van der Waals surface area contributed by atoms with Gasteiger partial charge in [-0.1, -0.05) is 0 Å². The highest BCUT2D eigenvalue weighted by atomic mass is 32.1. The van der Waals surface area contributed by atoms with Gasteiger partial charge in [0.25, 0.3) is 0 Å². The van der Waals surface area contributed by atoms with E-state index in [1.165, 1.54) is 30.4 Å². The van der Waals surface area contributed by atoms with Crippen LogP contribution in [0.15, 0.2) is 36.4 Å². The molecule has 0 aliphatic heterocycles. The van der Waals surface area contributed by atoms with Crippen molar-refractivity contribution in [2.45, 2.75) is 20.5 Å². The van der Waals surface area contributed by atoms with Gasteiger partial charge in [0, 0.05) is 12.6 Å². The van der Waals surface area contributed by atoms with Crippen LogP contribution in [0.1, 0.15) is 17.5 Å². The molecule has 1 heterocycles. The number of carbonyl (C=O) groups is 1. The van der Waals surface area contributed by atoms with Crippen molar-refractivity contribution in [3.63, 3.8) is 0 Å². The third-order valence-corrected chi connectivity index (χ3v) is 4.26. The molecule has 118 valence electrons. The summed E-state index contributed by atoms with van der Waals surface area (Å²) in [7, 11) is 0. The smallest absolute Gasteiger partial charge is 0.221 e. The van der Waals surface area contributed by atoms with Crippen LogP contribution in [0.3, 0.4) is 0 Å². The van der Waals surface area contributed by atoms with Crippen molar-refractivity contribution in [1.29, 1.82) is 0 Å². The van der Waals surface area contributed by atoms with E-state index in [9.17, 15) is 9.18 Å². The lowest BCUT2D eigenvalue weighted by Crippen LogP contribution is -2.07. The molecule has 0 spiro atoms. The van der Waals surface area contributed by atoms with Crippen LogP contribution in [0.4, 0.5) is 10.1 Å². The molecule has 1 aromatic heterocycles. The molecule has 0 aliphatic carbocycles. The first-order valence-electron chi connectivity index (χ1n) is 7.07. The van der Waals surface area contributed by atoms with Gasteiger partial charge in [0.2, 0.25) is 5.91 Å². The van der Waals surface area contributed by atoms with Crippen LogP contribution in [0.25, 0.3) is 10.2 Å². The average Bonchev–Trinajstić information content (AvgIpc) is 2.89. The highest BCUT2D eigenvalue weighted by molar-refractivity contribution is 7.18. The molecule has 0 unspecified atom stereocenters. The largest absolute Gasteiger partial charge is 0.486 e. The maximum Gasteiger partial charge on any atom is 0.221 e. The molecule has 1 amide bonds. The Balaban J connectivity index is 1.71. The summed E-state index contributed by atoms with van der Waals surface area (Å²) in [6.45, 7) is 3.69. The number of anilines is 1. The Morgan fingerprint density at radius 3 is 2.87 bits per heavy atom. The quantitative estimate of drug-likeness (QED) is 0.777. The van der Waals surface area contributed by atoms with Crippen molar-refractivity contribution in [3.8, 4) is 5.75 Å². The molecule has 0 fully saturated rings. The molecule has 0 bridgehead atoms. The van der Waals surface area contributed by atoms with Crippen LogP contribution < -0.4 is 10.1 Å². The summed E-state index contributed by atoms with van der Waals surface area (Å²) < 4.78 is 19.7. The fraction of sp³-hybridized carbons (Fsp3) is 0.176. The van der Waals surface area contributed by atoms with E-state index in [4.69, 9.17) is 4.74 Å². The van der Waals surface area contributed by atoms with Gasteiger partial charge in [-0.15, -0.1) is 11.3 Å². The lowest BCUT2D eigenvalue weighted by atomic mass is 10.2. The number of ether oxygens (including phenoxy) is 1. The summed E-state index contributed by atoms with van der Waals surface area (Å²) in [4.78, 5) is 15.5. The summed E-state index contributed by atoms with van der Waals surface area (Å²) in [5, 5.41) is 3.54. The number of halogens is 1. The van der Waals surface area contributed by atoms with E-state index in [0.717, 1.165) is 26.5 Å². The minimum absolute atomic E-state index is 0.108. The second kappa shape index (κ2) is 6.34. The van der Waals surface area contributed by atoms with E-state index in [1.807, 2.05) is 13.0 Å². The van der Waals surface area contributed by atoms with Crippen LogP contribution in [-0.2, 0) is 11.4 Å². The normalized spacial score (nSPS) is 10.7. The van der Waals surface area contributed by atoms with E-state index < -0.39 is 0 Å². The second-order valence-electron chi connectivity index (χ2n) is 5.17. The predicted molar refractivity (Wildman–Crippen MR) is 89.4 cm³/mol. The first kappa shape index (κ1) is 15.4. The molecular weight excluding hydrogens is 315 g/mol. The zero-order valence-corrected chi connectivity index (χ0v) is 13.5. The number of amides is 1. The molecule has 6 heteroatoms.